The number of rotatable bonds is 5. The van der Waals surface area contributed by atoms with E-state index in [0.717, 1.165) is 16.8 Å². The second kappa shape index (κ2) is 9.15. The molecule has 1 aliphatic rings. The zero-order valence-electron chi connectivity index (χ0n) is 18.9. The number of carbonyl (C=O) groups excluding carboxylic acids is 2. The second-order valence-corrected chi connectivity index (χ2v) is 8.88. The molecule has 0 amide bonds. The highest BCUT2D eigenvalue weighted by Crippen LogP contribution is 2.49. The maximum Gasteiger partial charge on any atom is 0.336 e. The number of allylic oxidation sites excluding steroid dienone is 1. The minimum absolute atomic E-state index is 0.405. The van der Waals surface area contributed by atoms with Crippen molar-refractivity contribution in [3.8, 4) is 11.3 Å². The van der Waals surface area contributed by atoms with Crippen molar-refractivity contribution in [2.45, 2.75) is 25.3 Å². The fourth-order valence-electron chi connectivity index (χ4n) is 4.53. The summed E-state index contributed by atoms with van der Waals surface area (Å²) in [4.78, 5) is 35.1. The van der Waals surface area contributed by atoms with Crippen LogP contribution in [-0.2, 0) is 24.6 Å². The molecule has 0 aliphatic carbocycles. The van der Waals surface area contributed by atoms with Crippen molar-refractivity contribution in [1.82, 2.24) is 15.3 Å². The number of benzene rings is 1. The van der Waals surface area contributed by atoms with Gasteiger partial charge in [-0.1, -0.05) is 30.3 Å². The quantitative estimate of drug-likeness (QED) is 0.571. The van der Waals surface area contributed by atoms with E-state index in [1.54, 1.807) is 12.4 Å². The first kappa shape index (κ1) is 22.7. The summed E-state index contributed by atoms with van der Waals surface area (Å²) < 4.78 is 10.4. The number of carbonyl (C=O) groups is 2. The summed E-state index contributed by atoms with van der Waals surface area (Å²) in [6, 6.07) is 13.3. The third-order valence-electron chi connectivity index (χ3n) is 6.06. The number of methoxy groups -OCH3 is 2. The number of nitrogens with one attached hydrogen (secondary N) is 1. The Hall–Kier alpha value is -3.52. The summed E-state index contributed by atoms with van der Waals surface area (Å²) in [5.41, 5.74) is 2.67. The van der Waals surface area contributed by atoms with Gasteiger partial charge in [-0.15, -0.1) is 11.3 Å². The van der Waals surface area contributed by atoms with Crippen LogP contribution in [0.5, 0.6) is 0 Å². The molecular weight excluding hydrogens is 438 g/mol. The van der Waals surface area contributed by atoms with Crippen LogP contribution >= 0.6 is 11.3 Å². The lowest BCUT2D eigenvalue weighted by molar-refractivity contribution is -0.150. The van der Waals surface area contributed by atoms with Gasteiger partial charge in [0.25, 0.3) is 0 Å². The second-order valence-electron chi connectivity index (χ2n) is 8.02. The average Bonchev–Trinajstić information content (AvgIpc) is 3.35. The number of aromatic nitrogens is 2. The first-order valence-corrected chi connectivity index (χ1v) is 11.3. The lowest BCUT2D eigenvalue weighted by atomic mass is 9.67. The number of pyridine rings is 1. The Balaban J connectivity index is 1.91. The van der Waals surface area contributed by atoms with Crippen LogP contribution in [0.15, 0.2) is 71.5 Å². The van der Waals surface area contributed by atoms with E-state index < -0.39 is 29.3 Å². The van der Waals surface area contributed by atoms with E-state index in [1.165, 1.54) is 25.6 Å². The standard InChI is InChI=1S/C25H25N3O4S/c1-15-19(22(29)31-3)20(17-8-6-5-7-9-17)21(23(30)32-4)25(2,28-15)24-27-18(14-33-24)16-10-12-26-13-11-16/h5-14,20-21,28H,1-4H3. The van der Waals surface area contributed by atoms with E-state index in [4.69, 9.17) is 14.5 Å². The molecule has 170 valence electrons. The van der Waals surface area contributed by atoms with Gasteiger partial charge in [-0.3, -0.25) is 9.78 Å². The Kier molecular flexibility index (Phi) is 6.29. The number of nitrogens with zero attached hydrogens (tertiary/aromatic N) is 2. The molecular formula is C25H25N3O4S. The van der Waals surface area contributed by atoms with Crippen LogP contribution in [0, 0.1) is 5.92 Å². The topological polar surface area (TPSA) is 90.4 Å². The van der Waals surface area contributed by atoms with Gasteiger partial charge >= 0.3 is 11.9 Å². The zero-order chi connectivity index (χ0) is 23.6. The summed E-state index contributed by atoms with van der Waals surface area (Å²) in [6.45, 7) is 3.75. The van der Waals surface area contributed by atoms with Crippen LogP contribution in [0.1, 0.15) is 30.3 Å². The predicted molar refractivity (Wildman–Crippen MR) is 125 cm³/mol. The van der Waals surface area contributed by atoms with Crippen LogP contribution in [0.25, 0.3) is 11.3 Å². The van der Waals surface area contributed by atoms with Gasteiger partial charge in [-0.25, -0.2) is 9.78 Å². The van der Waals surface area contributed by atoms with Crippen molar-refractivity contribution in [3.05, 3.63) is 82.1 Å². The Bertz CT molecular complexity index is 1190. The fourth-order valence-corrected chi connectivity index (χ4v) is 5.52. The maximum absolute atomic E-state index is 13.3. The lowest BCUT2D eigenvalue weighted by Crippen LogP contribution is -2.55. The third kappa shape index (κ3) is 4.02. The first-order chi connectivity index (χ1) is 15.9. The average molecular weight is 464 g/mol. The number of thiazole rings is 1. The minimum atomic E-state index is -0.925. The summed E-state index contributed by atoms with van der Waals surface area (Å²) in [7, 11) is 2.70. The molecule has 7 nitrogen and oxygen atoms in total. The molecule has 2 aromatic heterocycles. The van der Waals surface area contributed by atoms with Crippen molar-refractivity contribution in [2.75, 3.05) is 14.2 Å². The Morgan fingerprint density at radius 2 is 1.76 bits per heavy atom. The highest BCUT2D eigenvalue weighted by molar-refractivity contribution is 7.10. The molecule has 0 bridgehead atoms. The minimum Gasteiger partial charge on any atom is -0.469 e. The normalized spacial score (nSPS) is 22.4. The number of hydrogen-bond donors (Lipinski definition) is 1. The molecule has 3 aromatic rings. The van der Waals surface area contributed by atoms with E-state index in [1.807, 2.05) is 61.7 Å². The molecule has 1 N–H and O–H groups in total. The van der Waals surface area contributed by atoms with E-state index >= 15 is 0 Å². The highest BCUT2D eigenvalue weighted by atomic mass is 32.1. The number of esters is 2. The highest BCUT2D eigenvalue weighted by Gasteiger charge is 2.54. The third-order valence-corrected chi connectivity index (χ3v) is 7.14. The van der Waals surface area contributed by atoms with Gasteiger partial charge in [0, 0.05) is 35.0 Å². The molecule has 3 unspecified atom stereocenters. The molecule has 3 heterocycles. The summed E-state index contributed by atoms with van der Waals surface area (Å²) in [5.74, 6) is -2.26. The van der Waals surface area contributed by atoms with Crippen molar-refractivity contribution in [3.63, 3.8) is 0 Å². The molecule has 1 aliphatic heterocycles. The lowest BCUT2D eigenvalue weighted by Gasteiger charge is -2.45. The SMILES string of the molecule is COC(=O)C1=C(C)NC(C)(c2nc(-c3ccncc3)cs2)C(C(=O)OC)C1c1ccccc1. The van der Waals surface area contributed by atoms with Crippen molar-refractivity contribution in [2.24, 2.45) is 5.92 Å². The summed E-state index contributed by atoms with van der Waals surface area (Å²) >= 11 is 1.46. The van der Waals surface area contributed by atoms with Crippen LogP contribution < -0.4 is 5.32 Å². The van der Waals surface area contributed by atoms with Gasteiger partial charge in [-0.2, -0.15) is 0 Å². The van der Waals surface area contributed by atoms with Crippen LogP contribution in [0.2, 0.25) is 0 Å². The van der Waals surface area contributed by atoms with Gasteiger partial charge in [0.2, 0.25) is 0 Å². The van der Waals surface area contributed by atoms with Crippen molar-refractivity contribution in [1.29, 1.82) is 0 Å². The van der Waals surface area contributed by atoms with Gasteiger partial charge in [-0.05, 0) is 31.5 Å². The summed E-state index contributed by atoms with van der Waals surface area (Å²) in [5, 5.41) is 6.09. The molecule has 0 saturated carbocycles. The monoisotopic (exact) mass is 463 g/mol. The molecule has 8 heteroatoms. The number of hydrogen-bond acceptors (Lipinski definition) is 8. The maximum atomic E-state index is 13.3. The van der Waals surface area contributed by atoms with Crippen molar-refractivity contribution < 1.29 is 19.1 Å². The van der Waals surface area contributed by atoms with Gasteiger partial charge in [0.05, 0.1) is 31.4 Å². The van der Waals surface area contributed by atoms with Crippen LogP contribution in [0.4, 0.5) is 0 Å². The molecule has 0 fully saturated rings. The smallest absolute Gasteiger partial charge is 0.336 e. The Morgan fingerprint density at radius 1 is 1.06 bits per heavy atom. The van der Waals surface area contributed by atoms with Gasteiger partial charge in [0.15, 0.2) is 0 Å². The predicted octanol–water partition coefficient (Wildman–Crippen LogP) is 4.04. The molecule has 33 heavy (non-hydrogen) atoms. The first-order valence-electron chi connectivity index (χ1n) is 10.5. The molecule has 0 saturated heterocycles. The largest absolute Gasteiger partial charge is 0.469 e. The van der Waals surface area contributed by atoms with Gasteiger partial charge < -0.3 is 14.8 Å². The Morgan fingerprint density at radius 3 is 2.39 bits per heavy atom. The van der Waals surface area contributed by atoms with E-state index in [2.05, 4.69) is 10.3 Å². The zero-order valence-corrected chi connectivity index (χ0v) is 19.7. The number of ether oxygens (including phenoxy) is 2. The molecule has 3 atom stereocenters. The Labute approximate surface area is 196 Å². The van der Waals surface area contributed by atoms with E-state index in [0.29, 0.717) is 16.3 Å². The molecule has 1 aromatic carbocycles. The van der Waals surface area contributed by atoms with Crippen LogP contribution in [-0.4, -0.2) is 36.1 Å². The van der Waals surface area contributed by atoms with Crippen LogP contribution in [0.3, 0.4) is 0 Å². The molecule has 0 spiro atoms. The molecule has 4 rings (SSSR count). The van der Waals surface area contributed by atoms with E-state index in [-0.39, 0.29) is 0 Å². The van der Waals surface area contributed by atoms with Gasteiger partial charge in [0.1, 0.15) is 10.5 Å². The van der Waals surface area contributed by atoms with Crippen molar-refractivity contribution >= 4 is 23.3 Å². The molecule has 0 radical (unpaired) electrons. The summed E-state index contributed by atoms with van der Waals surface area (Å²) in [6.07, 6.45) is 3.43. The fraction of sp³-hybridized carbons (Fsp3) is 0.280. The van der Waals surface area contributed by atoms with E-state index in [9.17, 15) is 9.59 Å².